The molecule has 1 fully saturated rings. The van der Waals surface area contributed by atoms with Gasteiger partial charge in [0, 0.05) is 6.54 Å². The summed E-state index contributed by atoms with van der Waals surface area (Å²) in [5, 5.41) is 9.95. The average molecular weight is 380 g/mol. The molecule has 2 aromatic carbocycles. The van der Waals surface area contributed by atoms with E-state index in [-0.39, 0.29) is 5.97 Å². The Hall–Kier alpha value is -2.59. The first-order valence-corrected chi connectivity index (χ1v) is 9.77. The van der Waals surface area contributed by atoms with Crippen LogP contribution >= 0.6 is 0 Å². The van der Waals surface area contributed by atoms with Crippen LogP contribution < -0.4 is 0 Å². The van der Waals surface area contributed by atoms with E-state index < -0.39 is 0 Å². The number of carbonyl (C=O) groups is 1. The Labute approximate surface area is 167 Å². The Bertz CT molecular complexity index is 856. The number of phenolic OH excluding ortho intramolecular Hbond substituents is 1. The lowest BCUT2D eigenvalue weighted by Gasteiger charge is -2.35. The third-order valence-corrected chi connectivity index (χ3v) is 5.46. The summed E-state index contributed by atoms with van der Waals surface area (Å²) < 4.78 is 4.83. The maximum absolute atomic E-state index is 11.8. The van der Waals surface area contributed by atoms with Crippen LogP contribution in [0.3, 0.4) is 0 Å². The highest BCUT2D eigenvalue weighted by molar-refractivity contribution is 5.90. The van der Waals surface area contributed by atoms with E-state index in [4.69, 9.17) is 4.74 Å². The van der Waals surface area contributed by atoms with Crippen molar-refractivity contribution < 1.29 is 14.6 Å². The number of hydrogen-bond donors (Lipinski definition) is 1. The van der Waals surface area contributed by atoms with Crippen LogP contribution in [0.15, 0.2) is 54.1 Å². The Kier molecular flexibility index (Phi) is 6.53. The van der Waals surface area contributed by atoms with Crippen molar-refractivity contribution >= 4 is 12.0 Å². The zero-order valence-corrected chi connectivity index (χ0v) is 16.9. The van der Waals surface area contributed by atoms with Crippen molar-refractivity contribution in [1.82, 2.24) is 4.90 Å². The fraction of sp³-hybridized carbons (Fsp3) is 0.375. The molecule has 2 aromatic rings. The molecule has 0 unspecified atom stereocenters. The zero-order chi connectivity index (χ0) is 20.1. The van der Waals surface area contributed by atoms with E-state index >= 15 is 0 Å². The largest absolute Gasteiger partial charge is 0.508 e. The minimum Gasteiger partial charge on any atom is -0.508 e. The van der Waals surface area contributed by atoms with Gasteiger partial charge in [-0.2, -0.15) is 0 Å². The summed E-state index contributed by atoms with van der Waals surface area (Å²) in [7, 11) is 5.63. The fourth-order valence-corrected chi connectivity index (χ4v) is 4.20. The van der Waals surface area contributed by atoms with Gasteiger partial charge in [0.25, 0.3) is 0 Å². The molecule has 0 aromatic heterocycles. The van der Waals surface area contributed by atoms with Crippen LogP contribution in [0.5, 0.6) is 5.75 Å². The van der Waals surface area contributed by atoms with Crippen LogP contribution in [0.2, 0.25) is 0 Å². The number of allylic oxidation sites excluding steroid dienone is 1. The second-order valence-electron chi connectivity index (χ2n) is 7.89. The molecule has 0 aliphatic heterocycles. The summed E-state index contributed by atoms with van der Waals surface area (Å²) >= 11 is 0. The van der Waals surface area contributed by atoms with Gasteiger partial charge in [-0.1, -0.05) is 35.9 Å². The molecule has 2 atom stereocenters. The number of carbonyl (C=O) groups excluding carboxylic acids is 1. The third-order valence-electron chi connectivity index (χ3n) is 5.46. The first-order valence-electron chi connectivity index (χ1n) is 9.77. The lowest BCUT2D eigenvalue weighted by Crippen LogP contribution is -2.29. The summed E-state index contributed by atoms with van der Waals surface area (Å²) in [4.78, 5) is 14.0. The molecule has 1 aliphatic rings. The van der Waals surface area contributed by atoms with Crippen molar-refractivity contribution in [3.8, 4) is 5.75 Å². The molecule has 1 N–H and O–H groups in total. The Morgan fingerprint density at radius 2 is 2.00 bits per heavy atom. The number of phenols is 1. The molecule has 0 amide bonds. The number of rotatable bonds is 5. The second-order valence-corrected chi connectivity index (χ2v) is 7.89. The first-order chi connectivity index (χ1) is 13.5. The SMILES string of the molecule is COC(=O)c1cccc(/C=C2/CC[C@@H](CN(C)C)[C@@H](c3cccc(O)c3)C2)c1. The van der Waals surface area contributed by atoms with Crippen molar-refractivity contribution in [3.63, 3.8) is 0 Å². The number of esters is 1. The topological polar surface area (TPSA) is 49.8 Å². The minimum absolute atomic E-state index is 0.312. The Morgan fingerprint density at radius 1 is 1.21 bits per heavy atom. The van der Waals surface area contributed by atoms with Gasteiger partial charge >= 0.3 is 5.97 Å². The quantitative estimate of drug-likeness (QED) is 0.765. The Morgan fingerprint density at radius 3 is 2.71 bits per heavy atom. The van der Waals surface area contributed by atoms with Crippen LogP contribution in [0.25, 0.3) is 6.08 Å². The van der Waals surface area contributed by atoms with E-state index in [0.717, 1.165) is 31.4 Å². The van der Waals surface area contributed by atoms with Crippen LogP contribution in [-0.4, -0.2) is 43.7 Å². The highest BCUT2D eigenvalue weighted by atomic mass is 16.5. The second kappa shape index (κ2) is 9.07. The van der Waals surface area contributed by atoms with Crippen molar-refractivity contribution in [3.05, 3.63) is 70.8 Å². The molecule has 0 heterocycles. The van der Waals surface area contributed by atoms with E-state index in [1.54, 1.807) is 12.1 Å². The summed E-state index contributed by atoms with van der Waals surface area (Å²) in [5.41, 5.74) is 4.17. The van der Waals surface area contributed by atoms with Crippen LogP contribution in [0.1, 0.15) is 46.7 Å². The molecule has 148 valence electrons. The van der Waals surface area contributed by atoms with Gasteiger partial charge in [-0.05, 0) is 80.6 Å². The van der Waals surface area contributed by atoms with E-state index in [1.807, 2.05) is 30.3 Å². The van der Waals surface area contributed by atoms with Crippen molar-refractivity contribution in [1.29, 1.82) is 0 Å². The van der Waals surface area contributed by atoms with Gasteiger partial charge in [0.05, 0.1) is 12.7 Å². The minimum atomic E-state index is -0.312. The highest BCUT2D eigenvalue weighted by Gasteiger charge is 2.29. The van der Waals surface area contributed by atoms with Gasteiger partial charge < -0.3 is 14.7 Å². The van der Waals surface area contributed by atoms with E-state index in [1.165, 1.54) is 18.2 Å². The number of ether oxygens (including phenoxy) is 1. The average Bonchev–Trinajstić information content (AvgIpc) is 2.68. The van der Waals surface area contributed by atoms with Crippen LogP contribution in [0, 0.1) is 5.92 Å². The predicted molar refractivity (Wildman–Crippen MR) is 113 cm³/mol. The van der Waals surface area contributed by atoms with Gasteiger partial charge in [-0.25, -0.2) is 4.79 Å². The molecule has 4 nitrogen and oxygen atoms in total. The van der Waals surface area contributed by atoms with E-state index in [2.05, 4.69) is 31.1 Å². The lowest BCUT2D eigenvalue weighted by molar-refractivity contribution is 0.0600. The maximum Gasteiger partial charge on any atom is 0.337 e. The molecule has 0 bridgehead atoms. The normalized spacial score (nSPS) is 21.1. The molecule has 1 saturated carbocycles. The molecule has 3 rings (SSSR count). The highest BCUT2D eigenvalue weighted by Crippen LogP contribution is 2.42. The van der Waals surface area contributed by atoms with Crippen molar-refractivity contribution in [2.24, 2.45) is 5.92 Å². The summed E-state index contributed by atoms with van der Waals surface area (Å²) in [5.74, 6) is 0.934. The number of methoxy groups -OCH3 is 1. The summed E-state index contributed by atoms with van der Waals surface area (Å²) in [6.07, 6.45) is 5.33. The van der Waals surface area contributed by atoms with E-state index in [9.17, 15) is 9.90 Å². The van der Waals surface area contributed by atoms with Gasteiger partial charge in [0.15, 0.2) is 0 Å². The number of hydrogen-bond acceptors (Lipinski definition) is 4. The van der Waals surface area contributed by atoms with Crippen molar-refractivity contribution in [2.45, 2.75) is 25.2 Å². The van der Waals surface area contributed by atoms with Gasteiger partial charge in [0.1, 0.15) is 5.75 Å². The first kappa shape index (κ1) is 20.2. The molecule has 0 spiro atoms. The standard InChI is InChI=1S/C24H29NO3/c1-25(2)16-21-11-10-18(14-23(21)19-7-5-9-22(26)15-19)12-17-6-4-8-20(13-17)24(27)28-3/h4-9,12-13,15,21,23,26H,10-11,14,16H2,1-3H3/b18-12-/t21-,23+/m0/s1. The fourth-order valence-electron chi connectivity index (χ4n) is 4.20. The number of nitrogens with zero attached hydrogens (tertiary/aromatic N) is 1. The van der Waals surface area contributed by atoms with Crippen LogP contribution in [-0.2, 0) is 4.74 Å². The van der Waals surface area contributed by atoms with Gasteiger partial charge in [0.2, 0.25) is 0 Å². The summed E-state index contributed by atoms with van der Waals surface area (Å²) in [6.45, 7) is 1.03. The smallest absolute Gasteiger partial charge is 0.337 e. The predicted octanol–water partition coefficient (Wildman–Crippen LogP) is 4.71. The lowest BCUT2D eigenvalue weighted by atomic mass is 9.73. The monoisotopic (exact) mass is 379 g/mol. The molecule has 4 heteroatoms. The molecule has 28 heavy (non-hydrogen) atoms. The molecule has 0 radical (unpaired) electrons. The molecule has 0 saturated heterocycles. The zero-order valence-electron chi connectivity index (χ0n) is 16.9. The van der Waals surface area contributed by atoms with E-state index in [0.29, 0.717) is 23.1 Å². The molecular formula is C24H29NO3. The third kappa shape index (κ3) is 5.02. The van der Waals surface area contributed by atoms with Gasteiger partial charge in [-0.3, -0.25) is 0 Å². The van der Waals surface area contributed by atoms with Crippen molar-refractivity contribution in [2.75, 3.05) is 27.7 Å². The molecule has 1 aliphatic carbocycles. The maximum atomic E-state index is 11.8. The number of aromatic hydroxyl groups is 1. The summed E-state index contributed by atoms with van der Waals surface area (Å²) in [6, 6.07) is 15.2. The molecular weight excluding hydrogens is 350 g/mol. The number of benzene rings is 2. The van der Waals surface area contributed by atoms with Gasteiger partial charge in [-0.15, -0.1) is 0 Å². The van der Waals surface area contributed by atoms with Crippen LogP contribution in [0.4, 0.5) is 0 Å². The Balaban J connectivity index is 1.86.